The number of carbonyl (C=O) groups excluding carboxylic acids is 2. The molecular weight excluding hydrogens is 317 g/mol. The van der Waals surface area contributed by atoms with Gasteiger partial charge in [-0.15, -0.1) is 11.8 Å². The third-order valence-corrected chi connectivity index (χ3v) is 5.14. The molecule has 1 unspecified atom stereocenters. The second-order valence-corrected chi connectivity index (χ2v) is 6.81. The Labute approximate surface area is 139 Å². The number of thioether (sulfide) groups is 1. The number of piperazine rings is 1. The summed E-state index contributed by atoms with van der Waals surface area (Å²) in [4.78, 5) is 28.2. The van der Waals surface area contributed by atoms with E-state index in [0.717, 1.165) is 11.6 Å². The average Bonchev–Trinajstić information content (AvgIpc) is 3.09. The summed E-state index contributed by atoms with van der Waals surface area (Å²) in [5.41, 5.74) is 0.681. The maximum Gasteiger partial charge on any atom is 0.240 e. The van der Waals surface area contributed by atoms with Crippen LogP contribution in [0, 0.1) is 5.82 Å². The van der Waals surface area contributed by atoms with E-state index in [4.69, 9.17) is 0 Å². The van der Waals surface area contributed by atoms with Gasteiger partial charge in [0.05, 0.1) is 12.5 Å². The van der Waals surface area contributed by atoms with E-state index in [2.05, 4.69) is 5.32 Å². The molecule has 2 heterocycles. The molecule has 0 aliphatic carbocycles. The van der Waals surface area contributed by atoms with Crippen molar-refractivity contribution in [3.05, 3.63) is 35.6 Å². The summed E-state index contributed by atoms with van der Waals surface area (Å²) in [6.45, 7) is 2.21. The maximum atomic E-state index is 13.2. The second kappa shape index (κ2) is 7.31. The monoisotopic (exact) mass is 337 g/mol. The molecule has 7 heteroatoms. The number of amides is 2. The minimum atomic E-state index is -0.326. The number of benzene rings is 1. The highest BCUT2D eigenvalue weighted by Gasteiger charge is 2.30. The molecule has 0 bridgehead atoms. The van der Waals surface area contributed by atoms with Crippen LogP contribution in [0.1, 0.15) is 5.56 Å². The van der Waals surface area contributed by atoms with Crippen LogP contribution in [0.25, 0.3) is 0 Å². The topological polar surface area (TPSA) is 52.7 Å². The van der Waals surface area contributed by atoms with Crippen LogP contribution < -0.4 is 5.32 Å². The van der Waals surface area contributed by atoms with Crippen LogP contribution in [0.4, 0.5) is 4.39 Å². The van der Waals surface area contributed by atoms with Gasteiger partial charge in [0.15, 0.2) is 0 Å². The minimum Gasteiger partial charge on any atom is -0.339 e. The molecule has 1 aromatic rings. The first-order chi connectivity index (χ1) is 11.1. The van der Waals surface area contributed by atoms with Crippen LogP contribution in [0.2, 0.25) is 0 Å². The smallest absolute Gasteiger partial charge is 0.240 e. The van der Waals surface area contributed by atoms with Crippen molar-refractivity contribution in [2.45, 2.75) is 12.5 Å². The molecule has 2 aliphatic heterocycles. The van der Waals surface area contributed by atoms with Gasteiger partial charge in [-0.25, -0.2) is 4.39 Å². The summed E-state index contributed by atoms with van der Waals surface area (Å²) < 4.78 is 13.2. The molecule has 0 aromatic heterocycles. The van der Waals surface area contributed by atoms with Gasteiger partial charge in [-0.05, 0) is 17.7 Å². The Balaban J connectivity index is 1.50. The lowest BCUT2D eigenvalue weighted by molar-refractivity contribution is -0.140. The highest BCUT2D eigenvalue weighted by molar-refractivity contribution is 7.99. The lowest BCUT2D eigenvalue weighted by Gasteiger charge is -2.36. The summed E-state index contributed by atoms with van der Waals surface area (Å²) in [6.07, 6.45) is 0.201. The normalized spacial score (nSPS) is 21.5. The number of hydrogen-bond donors (Lipinski definition) is 1. The van der Waals surface area contributed by atoms with E-state index in [1.54, 1.807) is 28.8 Å². The van der Waals surface area contributed by atoms with Crippen molar-refractivity contribution < 1.29 is 14.0 Å². The summed E-state index contributed by atoms with van der Waals surface area (Å²) in [6, 6.07) is 6.04. The molecule has 1 aromatic carbocycles. The zero-order valence-corrected chi connectivity index (χ0v) is 13.7. The van der Waals surface area contributed by atoms with E-state index in [-0.39, 0.29) is 30.1 Å². The number of halogens is 1. The third-order valence-electron chi connectivity index (χ3n) is 4.20. The molecule has 2 aliphatic rings. The van der Waals surface area contributed by atoms with E-state index in [1.807, 2.05) is 4.90 Å². The van der Waals surface area contributed by atoms with Crippen molar-refractivity contribution >= 4 is 23.6 Å². The van der Waals surface area contributed by atoms with Gasteiger partial charge >= 0.3 is 0 Å². The van der Waals surface area contributed by atoms with Crippen molar-refractivity contribution in [1.82, 2.24) is 15.1 Å². The van der Waals surface area contributed by atoms with E-state index in [1.165, 1.54) is 12.1 Å². The van der Waals surface area contributed by atoms with Crippen LogP contribution in [0.3, 0.4) is 0 Å². The fourth-order valence-electron chi connectivity index (χ4n) is 2.88. The molecule has 23 heavy (non-hydrogen) atoms. The molecule has 2 fully saturated rings. The Kier molecular flexibility index (Phi) is 5.17. The predicted octanol–water partition coefficient (Wildman–Crippen LogP) is 0.702. The molecule has 0 radical (unpaired) electrons. The fraction of sp³-hybridized carbons (Fsp3) is 0.500. The van der Waals surface area contributed by atoms with Gasteiger partial charge in [0.2, 0.25) is 11.8 Å². The van der Waals surface area contributed by atoms with Crippen LogP contribution in [-0.4, -0.2) is 65.5 Å². The Bertz CT molecular complexity index is 584. The van der Waals surface area contributed by atoms with Gasteiger partial charge in [-0.3, -0.25) is 14.9 Å². The van der Waals surface area contributed by atoms with Crippen molar-refractivity contribution in [1.29, 1.82) is 0 Å². The molecule has 2 amide bonds. The SMILES string of the molecule is O=C(Cc1cccc(F)c1)N1CCN(C(=O)C2CSCN2)CC1. The zero-order chi connectivity index (χ0) is 16.2. The van der Waals surface area contributed by atoms with E-state index in [0.29, 0.717) is 31.7 Å². The molecule has 2 saturated heterocycles. The Morgan fingerprint density at radius 2 is 1.96 bits per heavy atom. The first-order valence-electron chi connectivity index (χ1n) is 7.75. The largest absolute Gasteiger partial charge is 0.339 e. The van der Waals surface area contributed by atoms with E-state index < -0.39 is 0 Å². The number of rotatable bonds is 3. The lowest BCUT2D eigenvalue weighted by atomic mass is 10.1. The van der Waals surface area contributed by atoms with Gasteiger partial charge in [-0.2, -0.15) is 0 Å². The minimum absolute atomic E-state index is 0.0164. The van der Waals surface area contributed by atoms with Crippen molar-refractivity contribution in [3.8, 4) is 0 Å². The molecule has 1 N–H and O–H groups in total. The number of nitrogens with one attached hydrogen (secondary N) is 1. The van der Waals surface area contributed by atoms with E-state index in [9.17, 15) is 14.0 Å². The van der Waals surface area contributed by atoms with Crippen molar-refractivity contribution in [2.75, 3.05) is 37.8 Å². The van der Waals surface area contributed by atoms with Gasteiger partial charge in [0.1, 0.15) is 5.82 Å². The molecule has 124 valence electrons. The molecule has 1 atom stereocenters. The van der Waals surface area contributed by atoms with Crippen LogP contribution in [0.5, 0.6) is 0 Å². The first kappa shape index (κ1) is 16.3. The molecule has 5 nitrogen and oxygen atoms in total. The number of hydrogen-bond acceptors (Lipinski definition) is 4. The Morgan fingerprint density at radius 1 is 1.22 bits per heavy atom. The standard InChI is InChI=1S/C16H20FN3O2S/c17-13-3-1-2-12(8-13)9-15(21)19-4-6-20(7-5-19)16(22)14-10-23-11-18-14/h1-3,8,14,18H,4-7,9-11H2. The summed E-state index contributed by atoms with van der Waals surface area (Å²) in [7, 11) is 0. The van der Waals surface area contributed by atoms with Gasteiger partial charge in [0.25, 0.3) is 0 Å². The quantitative estimate of drug-likeness (QED) is 0.882. The van der Waals surface area contributed by atoms with Crippen molar-refractivity contribution in [3.63, 3.8) is 0 Å². The highest BCUT2D eigenvalue weighted by atomic mass is 32.2. The Hall–Kier alpha value is -1.60. The molecule has 0 spiro atoms. The lowest BCUT2D eigenvalue weighted by Crippen LogP contribution is -2.54. The van der Waals surface area contributed by atoms with Crippen LogP contribution in [0.15, 0.2) is 24.3 Å². The van der Waals surface area contributed by atoms with Gasteiger partial charge < -0.3 is 9.80 Å². The average molecular weight is 337 g/mol. The maximum absolute atomic E-state index is 13.2. The fourth-order valence-corrected chi connectivity index (χ4v) is 3.82. The van der Waals surface area contributed by atoms with Crippen LogP contribution in [-0.2, 0) is 16.0 Å². The number of carbonyl (C=O) groups is 2. The summed E-state index contributed by atoms with van der Waals surface area (Å²) in [5.74, 6) is 1.43. The molecule has 3 rings (SSSR count). The van der Waals surface area contributed by atoms with Crippen molar-refractivity contribution in [2.24, 2.45) is 0 Å². The molecule has 0 saturated carbocycles. The third kappa shape index (κ3) is 4.03. The van der Waals surface area contributed by atoms with E-state index >= 15 is 0 Å². The zero-order valence-electron chi connectivity index (χ0n) is 12.8. The molecular formula is C16H20FN3O2S. The summed E-state index contributed by atoms with van der Waals surface area (Å²) in [5, 5.41) is 3.18. The predicted molar refractivity (Wildman–Crippen MR) is 87.5 cm³/mol. The van der Waals surface area contributed by atoms with Gasteiger partial charge in [0, 0.05) is 37.8 Å². The second-order valence-electron chi connectivity index (χ2n) is 5.78. The Morgan fingerprint density at radius 3 is 2.61 bits per heavy atom. The van der Waals surface area contributed by atoms with Crippen LogP contribution >= 0.6 is 11.8 Å². The highest BCUT2D eigenvalue weighted by Crippen LogP contribution is 2.14. The summed E-state index contributed by atoms with van der Waals surface area (Å²) >= 11 is 1.73. The number of nitrogens with zero attached hydrogens (tertiary/aromatic N) is 2. The van der Waals surface area contributed by atoms with Gasteiger partial charge in [-0.1, -0.05) is 12.1 Å². The first-order valence-corrected chi connectivity index (χ1v) is 8.91.